The van der Waals surface area contributed by atoms with Crippen LogP contribution in [-0.2, 0) is 11.3 Å². The lowest BCUT2D eigenvalue weighted by atomic mass is 10.1. The first-order valence-electron chi connectivity index (χ1n) is 6.96. The van der Waals surface area contributed by atoms with E-state index in [1.165, 1.54) is 0 Å². The lowest BCUT2D eigenvalue weighted by Gasteiger charge is -2.25. The molecule has 1 unspecified atom stereocenters. The van der Waals surface area contributed by atoms with Gasteiger partial charge >= 0.3 is 0 Å². The highest BCUT2D eigenvalue weighted by molar-refractivity contribution is 5.46. The number of methoxy groups -OCH3 is 1. The van der Waals surface area contributed by atoms with Crippen LogP contribution in [0.4, 0.5) is 0 Å². The van der Waals surface area contributed by atoms with Crippen LogP contribution in [0.15, 0.2) is 18.2 Å². The highest BCUT2D eigenvalue weighted by atomic mass is 16.5. The highest BCUT2D eigenvalue weighted by Crippen LogP contribution is 2.33. The van der Waals surface area contributed by atoms with E-state index in [0.29, 0.717) is 6.61 Å². The van der Waals surface area contributed by atoms with Gasteiger partial charge in [-0.15, -0.1) is 0 Å². The summed E-state index contributed by atoms with van der Waals surface area (Å²) in [5, 5.41) is 3.33. The molecule has 0 aliphatic carbocycles. The number of hydrogen-bond acceptors (Lipinski definition) is 4. The molecule has 19 heavy (non-hydrogen) atoms. The molecule has 2 rings (SSSR count). The van der Waals surface area contributed by atoms with Gasteiger partial charge in [0.25, 0.3) is 0 Å². The third kappa shape index (κ3) is 3.85. The molecule has 1 fully saturated rings. The quantitative estimate of drug-likeness (QED) is 0.857. The molecule has 0 amide bonds. The van der Waals surface area contributed by atoms with Gasteiger partial charge in [0, 0.05) is 18.7 Å². The summed E-state index contributed by atoms with van der Waals surface area (Å²) in [4.78, 5) is 0. The lowest BCUT2D eigenvalue weighted by Crippen LogP contribution is -2.28. The largest absolute Gasteiger partial charge is 0.493 e. The van der Waals surface area contributed by atoms with E-state index in [1.54, 1.807) is 7.11 Å². The van der Waals surface area contributed by atoms with E-state index in [0.717, 1.165) is 49.6 Å². The molecule has 4 heteroatoms. The second-order valence-electron chi connectivity index (χ2n) is 4.69. The Hall–Kier alpha value is -1.26. The average molecular weight is 265 g/mol. The summed E-state index contributed by atoms with van der Waals surface area (Å²) in [7, 11) is 1.68. The van der Waals surface area contributed by atoms with Crippen molar-refractivity contribution < 1.29 is 14.2 Å². The van der Waals surface area contributed by atoms with E-state index in [-0.39, 0.29) is 6.10 Å². The van der Waals surface area contributed by atoms with E-state index in [2.05, 4.69) is 18.3 Å². The van der Waals surface area contributed by atoms with Crippen LogP contribution in [0.2, 0.25) is 0 Å². The summed E-state index contributed by atoms with van der Waals surface area (Å²) in [6.45, 7) is 5.32. The Morgan fingerprint density at radius 2 is 2.32 bits per heavy atom. The predicted molar refractivity (Wildman–Crippen MR) is 74.8 cm³/mol. The molecule has 0 aromatic heterocycles. The monoisotopic (exact) mass is 265 g/mol. The predicted octanol–water partition coefficient (Wildman–Crippen LogP) is 2.36. The Balaban J connectivity index is 2.14. The van der Waals surface area contributed by atoms with Crippen molar-refractivity contribution in [2.45, 2.75) is 32.4 Å². The number of hydrogen-bond donors (Lipinski definition) is 1. The zero-order chi connectivity index (χ0) is 13.5. The van der Waals surface area contributed by atoms with Crippen molar-refractivity contribution in [3.8, 4) is 11.5 Å². The van der Waals surface area contributed by atoms with Crippen LogP contribution >= 0.6 is 0 Å². The zero-order valence-electron chi connectivity index (χ0n) is 11.8. The number of rotatable bonds is 6. The molecule has 0 saturated carbocycles. The van der Waals surface area contributed by atoms with Gasteiger partial charge in [-0.3, -0.25) is 0 Å². The summed E-state index contributed by atoms with van der Waals surface area (Å²) in [5.41, 5.74) is 1.13. The second kappa shape index (κ2) is 7.36. The summed E-state index contributed by atoms with van der Waals surface area (Å²) >= 11 is 0. The molecule has 1 aromatic carbocycles. The van der Waals surface area contributed by atoms with Gasteiger partial charge in [0.2, 0.25) is 0 Å². The van der Waals surface area contributed by atoms with Crippen molar-refractivity contribution in [2.75, 3.05) is 26.9 Å². The fraction of sp³-hybridized carbons (Fsp3) is 0.600. The van der Waals surface area contributed by atoms with E-state index < -0.39 is 0 Å². The van der Waals surface area contributed by atoms with Gasteiger partial charge < -0.3 is 19.5 Å². The van der Waals surface area contributed by atoms with E-state index in [9.17, 15) is 0 Å². The Bertz CT molecular complexity index is 389. The Morgan fingerprint density at radius 1 is 1.42 bits per heavy atom. The van der Waals surface area contributed by atoms with Crippen molar-refractivity contribution in [3.63, 3.8) is 0 Å². The summed E-state index contributed by atoms with van der Waals surface area (Å²) in [6, 6.07) is 6.01. The zero-order valence-corrected chi connectivity index (χ0v) is 11.8. The van der Waals surface area contributed by atoms with Gasteiger partial charge in [-0.1, -0.05) is 19.1 Å². The summed E-state index contributed by atoms with van der Waals surface area (Å²) in [5.74, 6) is 1.64. The van der Waals surface area contributed by atoms with Gasteiger partial charge in [-0.05, 0) is 25.5 Å². The normalized spacial score (nSPS) is 19.2. The van der Waals surface area contributed by atoms with E-state index in [4.69, 9.17) is 14.2 Å². The van der Waals surface area contributed by atoms with Crippen LogP contribution in [0.3, 0.4) is 0 Å². The van der Waals surface area contributed by atoms with Gasteiger partial charge in [0.05, 0.1) is 13.7 Å². The fourth-order valence-corrected chi connectivity index (χ4v) is 2.23. The Morgan fingerprint density at radius 3 is 3.00 bits per heavy atom. The SMILES string of the molecule is CCNCc1cccc(OC)c1OC1CCCOC1. The summed E-state index contributed by atoms with van der Waals surface area (Å²) in [6.07, 6.45) is 2.23. The van der Waals surface area contributed by atoms with Gasteiger partial charge in [-0.2, -0.15) is 0 Å². The third-order valence-electron chi connectivity index (χ3n) is 3.25. The van der Waals surface area contributed by atoms with Crippen molar-refractivity contribution >= 4 is 0 Å². The van der Waals surface area contributed by atoms with Gasteiger partial charge in [0.15, 0.2) is 11.5 Å². The topological polar surface area (TPSA) is 39.7 Å². The minimum atomic E-state index is 0.130. The molecular formula is C15H23NO3. The molecule has 0 spiro atoms. The summed E-state index contributed by atoms with van der Waals surface area (Å²) < 4.78 is 17.0. The molecule has 0 bridgehead atoms. The first kappa shape index (κ1) is 14.2. The second-order valence-corrected chi connectivity index (χ2v) is 4.69. The minimum absolute atomic E-state index is 0.130. The standard InChI is InChI=1S/C15H23NO3/c1-3-16-10-12-6-4-8-14(17-2)15(12)19-13-7-5-9-18-11-13/h4,6,8,13,16H,3,5,7,9-11H2,1-2H3. The minimum Gasteiger partial charge on any atom is -0.493 e. The number of nitrogens with one attached hydrogen (secondary N) is 1. The van der Waals surface area contributed by atoms with Crippen LogP contribution < -0.4 is 14.8 Å². The van der Waals surface area contributed by atoms with Crippen molar-refractivity contribution in [3.05, 3.63) is 23.8 Å². The lowest BCUT2D eigenvalue weighted by molar-refractivity contribution is 0.00600. The maximum Gasteiger partial charge on any atom is 0.166 e. The molecule has 106 valence electrons. The van der Waals surface area contributed by atoms with Crippen molar-refractivity contribution in [1.82, 2.24) is 5.32 Å². The van der Waals surface area contributed by atoms with Crippen molar-refractivity contribution in [2.24, 2.45) is 0 Å². The first-order chi connectivity index (χ1) is 9.35. The molecule has 0 radical (unpaired) electrons. The van der Waals surface area contributed by atoms with E-state index in [1.807, 2.05) is 12.1 Å². The smallest absolute Gasteiger partial charge is 0.166 e. The molecule has 4 nitrogen and oxygen atoms in total. The van der Waals surface area contributed by atoms with Crippen molar-refractivity contribution in [1.29, 1.82) is 0 Å². The molecule has 1 aliphatic heterocycles. The Labute approximate surface area is 115 Å². The van der Waals surface area contributed by atoms with Crippen LogP contribution in [0.1, 0.15) is 25.3 Å². The molecular weight excluding hydrogens is 242 g/mol. The molecule has 1 aromatic rings. The van der Waals surface area contributed by atoms with Crippen LogP contribution in [0.25, 0.3) is 0 Å². The molecule has 1 atom stereocenters. The number of ether oxygens (including phenoxy) is 3. The van der Waals surface area contributed by atoms with Gasteiger partial charge in [0.1, 0.15) is 6.10 Å². The maximum atomic E-state index is 6.12. The third-order valence-corrected chi connectivity index (χ3v) is 3.25. The average Bonchev–Trinajstić information content (AvgIpc) is 2.47. The molecule has 1 heterocycles. The van der Waals surface area contributed by atoms with Crippen LogP contribution in [0, 0.1) is 0 Å². The maximum absolute atomic E-state index is 6.12. The fourth-order valence-electron chi connectivity index (χ4n) is 2.23. The highest BCUT2D eigenvalue weighted by Gasteiger charge is 2.19. The van der Waals surface area contributed by atoms with Gasteiger partial charge in [-0.25, -0.2) is 0 Å². The number of benzene rings is 1. The molecule has 1 aliphatic rings. The molecule has 1 N–H and O–H groups in total. The van der Waals surface area contributed by atoms with Crippen LogP contribution in [-0.4, -0.2) is 33.0 Å². The van der Waals surface area contributed by atoms with Crippen LogP contribution in [0.5, 0.6) is 11.5 Å². The number of para-hydroxylation sites is 1. The first-order valence-corrected chi connectivity index (χ1v) is 6.96. The molecule has 1 saturated heterocycles. The van der Waals surface area contributed by atoms with E-state index >= 15 is 0 Å². The Kier molecular flexibility index (Phi) is 5.48.